The molecule has 1 saturated carbocycles. The first-order valence-corrected chi connectivity index (χ1v) is 7.64. The van der Waals surface area contributed by atoms with Crippen LogP contribution in [-0.2, 0) is 0 Å². The molecule has 1 N–H and O–H groups in total. The Morgan fingerprint density at radius 1 is 1.30 bits per heavy atom. The van der Waals surface area contributed by atoms with Gasteiger partial charge in [-0.1, -0.05) is 12.8 Å². The molecule has 1 aromatic rings. The van der Waals surface area contributed by atoms with E-state index in [2.05, 4.69) is 9.88 Å². The van der Waals surface area contributed by atoms with Gasteiger partial charge in [0.2, 0.25) is 0 Å². The highest BCUT2D eigenvalue weighted by molar-refractivity contribution is 5.95. The van der Waals surface area contributed by atoms with E-state index in [1.165, 1.54) is 32.1 Å². The Kier molecular flexibility index (Phi) is 3.64. The Morgan fingerprint density at radius 3 is 2.75 bits per heavy atom. The summed E-state index contributed by atoms with van der Waals surface area (Å²) in [7, 11) is 0. The smallest absolute Gasteiger partial charge is 0.339 e. The molecule has 1 aliphatic heterocycles. The minimum atomic E-state index is -0.859. The number of hydrogen-bond donors (Lipinski definition) is 1. The van der Waals surface area contributed by atoms with Gasteiger partial charge in [-0.25, -0.2) is 9.78 Å². The maximum atomic E-state index is 11.6. The average molecular weight is 274 g/mol. The summed E-state index contributed by atoms with van der Waals surface area (Å²) in [5, 5.41) is 9.49. The van der Waals surface area contributed by atoms with Gasteiger partial charge in [0.1, 0.15) is 11.4 Å². The van der Waals surface area contributed by atoms with E-state index in [9.17, 15) is 9.90 Å². The van der Waals surface area contributed by atoms with Crippen LogP contribution in [0.4, 0.5) is 5.82 Å². The largest absolute Gasteiger partial charge is 0.478 e. The van der Waals surface area contributed by atoms with Crippen molar-refractivity contribution in [3.63, 3.8) is 0 Å². The van der Waals surface area contributed by atoms with Gasteiger partial charge in [-0.3, -0.25) is 0 Å². The Hall–Kier alpha value is -1.58. The van der Waals surface area contributed by atoms with E-state index < -0.39 is 5.97 Å². The van der Waals surface area contributed by atoms with Crippen molar-refractivity contribution < 1.29 is 9.90 Å². The number of aromatic carboxylic acids is 1. The summed E-state index contributed by atoms with van der Waals surface area (Å²) in [6.45, 7) is 2.80. The maximum absolute atomic E-state index is 11.6. The highest BCUT2D eigenvalue weighted by Crippen LogP contribution is 2.38. The summed E-state index contributed by atoms with van der Waals surface area (Å²) in [5.74, 6) is 0.552. The van der Waals surface area contributed by atoms with Gasteiger partial charge in [-0.2, -0.15) is 0 Å². The van der Waals surface area contributed by atoms with Gasteiger partial charge in [0.25, 0.3) is 0 Å². The zero-order valence-corrected chi connectivity index (χ0v) is 12.0. The molecule has 20 heavy (non-hydrogen) atoms. The number of aryl methyl sites for hydroxylation is 1. The number of nitrogens with zero attached hydrogens (tertiary/aromatic N) is 2. The Morgan fingerprint density at radius 2 is 2.05 bits per heavy atom. The summed E-state index contributed by atoms with van der Waals surface area (Å²) in [4.78, 5) is 18.2. The van der Waals surface area contributed by atoms with Crippen LogP contribution in [0.2, 0.25) is 0 Å². The third-order valence-electron chi connectivity index (χ3n) is 4.87. The number of anilines is 1. The van der Waals surface area contributed by atoms with Crippen LogP contribution in [0.5, 0.6) is 0 Å². The lowest BCUT2D eigenvalue weighted by Crippen LogP contribution is -2.36. The number of hydrogen-bond acceptors (Lipinski definition) is 3. The fourth-order valence-corrected chi connectivity index (χ4v) is 3.91. The quantitative estimate of drug-likeness (QED) is 0.919. The van der Waals surface area contributed by atoms with E-state index in [1.807, 2.05) is 6.92 Å². The number of carboxylic acid groups (broad SMARTS) is 1. The van der Waals surface area contributed by atoms with Crippen molar-refractivity contribution in [3.05, 3.63) is 23.4 Å². The molecule has 2 fully saturated rings. The fraction of sp³-hybridized carbons (Fsp3) is 0.625. The van der Waals surface area contributed by atoms with E-state index in [1.54, 1.807) is 12.3 Å². The number of aromatic nitrogens is 1. The molecule has 1 aromatic heterocycles. The number of rotatable bonds is 3. The van der Waals surface area contributed by atoms with Gasteiger partial charge in [0.05, 0.1) is 0 Å². The predicted octanol–water partition coefficient (Wildman–Crippen LogP) is 3.25. The molecular weight excluding hydrogens is 252 g/mol. The monoisotopic (exact) mass is 274 g/mol. The summed E-state index contributed by atoms with van der Waals surface area (Å²) >= 11 is 0. The molecule has 108 valence electrons. The van der Waals surface area contributed by atoms with Gasteiger partial charge in [-0.15, -0.1) is 0 Å². The van der Waals surface area contributed by atoms with Crippen LogP contribution in [0.3, 0.4) is 0 Å². The lowest BCUT2D eigenvalue weighted by atomic mass is 9.95. The minimum Gasteiger partial charge on any atom is -0.478 e. The maximum Gasteiger partial charge on any atom is 0.339 e. The van der Waals surface area contributed by atoms with Crippen LogP contribution in [0, 0.1) is 12.8 Å². The molecule has 0 amide bonds. The van der Waals surface area contributed by atoms with Gasteiger partial charge < -0.3 is 10.0 Å². The van der Waals surface area contributed by atoms with Gasteiger partial charge in [-0.05, 0) is 50.2 Å². The molecule has 1 atom stereocenters. The summed E-state index contributed by atoms with van der Waals surface area (Å²) in [6, 6.07) is 2.28. The zero-order valence-electron chi connectivity index (χ0n) is 12.0. The van der Waals surface area contributed by atoms with Gasteiger partial charge in [0.15, 0.2) is 0 Å². The first-order chi connectivity index (χ1) is 9.68. The lowest BCUT2D eigenvalue weighted by Gasteiger charge is -2.31. The molecule has 1 aliphatic carbocycles. The molecule has 0 spiro atoms. The standard InChI is InChI=1S/C16H22N2O2/c1-11-8-9-17-15(14(11)16(19)20)18-10-4-7-13(18)12-5-2-3-6-12/h8-9,12-13H,2-7,10H2,1H3,(H,19,20). The van der Waals surface area contributed by atoms with Crippen LogP contribution in [0.15, 0.2) is 12.3 Å². The van der Waals surface area contributed by atoms with Crippen LogP contribution in [-0.4, -0.2) is 28.6 Å². The second-order valence-electron chi connectivity index (χ2n) is 6.08. The second-order valence-corrected chi connectivity index (χ2v) is 6.08. The van der Waals surface area contributed by atoms with Crippen molar-refractivity contribution in [1.29, 1.82) is 0 Å². The normalized spacial score (nSPS) is 23.4. The van der Waals surface area contributed by atoms with Gasteiger partial charge >= 0.3 is 5.97 Å². The highest BCUT2D eigenvalue weighted by atomic mass is 16.4. The van der Waals surface area contributed by atoms with E-state index in [4.69, 9.17) is 0 Å². The highest BCUT2D eigenvalue weighted by Gasteiger charge is 2.35. The molecule has 1 saturated heterocycles. The van der Waals surface area contributed by atoms with Crippen molar-refractivity contribution in [2.75, 3.05) is 11.4 Å². The lowest BCUT2D eigenvalue weighted by molar-refractivity contribution is 0.0696. The molecule has 0 radical (unpaired) electrons. The minimum absolute atomic E-state index is 0.386. The first-order valence-electron chi connectivity index (χ1n) is 7.64. The molecule has 1 unspecified atom stereocenters. The molecule has 2 heterocycles. The van der Waals surface area contributed by atoms with Crippen LogP contribution in [0.1, 0.15) is 54.4 Å². The molecule has 0 aromatic carbocycles. The fourth-order valence-electron chi connectivity index (χ4n) is 3.91. The molecule has 2 aliphatic rings. The molecular formula is C16H22N2O2. The van der Waals surface area contributed by atoms with E-state index in [0.29, 0.717) is 17.4 Å². The predicted molar refractivity (Wildman–Crippen MR) is 78.3 cm³/mol. The summed E-state index contributed by atoms with van der Waals surface area (Å²) in [6.07, 6.45) is 9.28. The number of carbonyl (C=O) groups is 1. The average Bonchev–Trinajstić information content (AvgIpc) is 3.08. The molecule has 3 rings (SSSR count). The molecule has 4 heteroatoms. The van der Waals surface area contributed by atoms with Crippen molar-refractivity contribution in [2.24, 2.45) is 5.92 Å². The van der Waals surface area contributed by atoms with Crippen LogP contribution in [0.25, 0.3) is 0 Å². The number of pyridine rings is 1. The van der Waals surface area contributed by atoms with E-state index in [0.717, 1.165) is 24.4 Å². The van der Waals surface area contributed by atoms with E-state index >= 15 is 0 Å². The summed E-state index contributed by atoms with van der Waals surface area (Å²) < 4.78 is 0. The molecule has 0 bridgehead atoms. The third-order valence-corrected chi connectivity index (χ3v) is 4.87. The Bertz CT molecular complexity index is 509. The SMILES string of the molecule is Cc1ccnc(N2CCCC2C2CCCC2)c1C(=O)O. The van der Waals surface area contributed by atoms with Crippen molar-refractivity contribution in [1.82, 2.24) is 4.98 Å². The number of carboxylic acids is 1. The second kappa shape index (κ2) is 5.43. The topological polar surface area (TPSA) is 53.4 Å². The van der Waals surface area contributed by atoms with E-state index in [-0.39, 0.29) is 0 Å². The van der Waals surface area contributed by atoms with Crippen LogP contribution >= 0.6 is 0 Å². The van der Waals surface area contributed by atoms with Crippen molar-refractivity contribution >= 4 is 11.8 Å². The van der Waals surface area contributed by atoms with Gasteiger partial charge in [0, 0.05) is 18.8 Å². The third kappa shape index (κ3) is 2.28. The summed E-state index contributed by atoms with van der Waals surface area (Å²) in [5.41, 5.74) is 1.19. The van der Waals surface area contributed by atoms with Crippen molar-refractivity contribution in [2.45, 2.75) is 51.5 Å². The Balaban J connectivity index is 1.95. The first kappa shape index (κ1) is 13.4. The zero-order chi connectivity index (χ0) is 14.1. The Labute approximate surface area is 119 Å². The molecule has 4 nitrogen and oxygen atoms in total. The van der Waals surface area contributed by atoms with Crippen LogP contribution < -0.4 is 4.90 Å². The van der Waals surface area contributed by atoms with Crippen molar-refractivity contribution in [3.8, 4) is 0 Å².